The van der Waals surface area contributed by atoms with Crippen molar-refractivity contribution in [2.45, 2.75) is 20.4 Å². The van der Waals surface area contributed by atoms with E-state index in [-0.39, 0.29) is 18.1 Å². The first-order chi connectivity index (χ1) is 15.6. The lowest BCUT2D eigenvalue weighted by Crippen LogP contribution is -2.31. The molecule has 158 valence electrons. The van der Waals surface area contributed by atoms with Gasteiger partial charge >= 0.3 is 0 Å². The van der Waals surface area contributed by atoms with Crippen molar-refractivity contribution in [3.05, 3.63) is 95.4 Å². The van der Waals surface area contributed by atoms with Crippen molar-refractivity contribution in [2.24, 2.45) is 0 Å². The fourth-order valence-electron chi connectivity index (χ4n) is 3.61. The Labute approximate surface area is 189 Å². The number of nitrogens with zero attached hydrogens (tertiary/aromatic N) is 4. The summed E-state index contributed by atoms with van der Waals surface area (Å²) in [7, 11) is 0. The number of hydrogen-bond donors (Lipinski definition) is 0. The Morgan fingerprint density at radius 2 is 1.84 bits per heavy atom. The van der Waals surface area contributed by atoms with Crippen molar-refractivity contribution >= 4 is 32.6 Å². The van der Waals surface area contributed by atoms with Crippen LogP contribution in [-0.4, -0.2) is 21.0 Å². The molecule has 6 nitrogen and oxygen atoms in total. The van der Waals surface area contributed by atoms with E-state index in [1.165, 1.54) is 11.3 Å². The highest BCUT2D eigenvalue weighted by molar-refractivity contribution is 7.22. The SMILES string of the molecule is Cc1cc(C)c2nc(N(Cc3ccccn3)C(=O)c3cc(-c4ccccc4)on3)sc2c1. The summed E-state index contributed by atoms with van der Waals surface area (Å²) in [5.74, 6) is 0.262. The molecule has 0 aliphatic carbocycles. The Morgan fingerprint density at radius 1 is 1.03 bits per heavy atom. The molecular formula is C25H20N4O2S. The van der Waals surface area contributed by atoms with E-state index in [2.05, 4.69) is 29.2 Å². The molecule has 32 heavy (non-hydrogen) atoms. The second-order valence-corrected chi connectivity index (χ2v) is 8.59. The zero-order valence-corrected chi connectivity index (χ0v) is 18.5. The quantitative estimate of drug-likeness (QED) is 0.345. The highest BCUT2D eigenvalue weighted by Gasteiger charge is 2.25. The topological polar surface area (TPSA) is 72.1 Å². The Hall–Kier alpha value is -3.84. The predicted octanol–water partition coefficient (Wildman–Crippen LogP) is 5.81. The molecule has 0 spiro atoms. The van der Waals surface area contributed by atoms with Gasteiger partial charge in [-0.3, -0.25) is 14.7 Å². The molecule has 2 aromatic carbocycles. The van der Waals surface area contributed by atoms with Crippen molar-refractivity contribution in [3.8, 4) is 11.3 Å². The van der Waals surface area contributed by atoms with Crippen LogP contribution in [-0.2, 0) is 6.54 Å². The summed E-state index contributed by atoms with van der Waals surface area (Å²) in [5, 5.41) is 4.66. The standard InChI is InChI=1S/C25H20N4O2S/c1-16-12-17(2)23-22(13-16)32-25(27-23)29(15-19-10-6-7-11-26-19)24(30)20-14-21(31-28-20)18-8-4-3-5-9-18/h3-14H,15H2,1-2H3. The van der Waals surface area contributed by atoms with E-state index in [9.17, 15) is 4.79 Å². The molecule has 5 aromatic rings. The number of hydrogen-bond acceptors (Lipinski definition) is 6. The van der Waals surface area contributed by atoms with Gasteiger partial charge in [-0.2, -0.15) is 0 Å². The van der Waals surface area contributed by atoms with Crippen LogP contribution < -0.4 is 4.90 Å². The van der Waals surface area contributed by atoms with Gasteiger partial charge in [-0.05, 0) is 43.2 Å². The summed E-state index contributed by atoms with van der Waals surface area (Å²) >= 11 is 1.49. The number of rotatable bonds is 5. The first kappa shape index (κ1) is 20.1. The molecule has 3 heterocycles. The lowest BCUT2D eigenvalue weighted by molar-refractivity contribution is 0.0976. The number of pyridine rings is 1. The Balaban J connectivity index is 1.55. The number of aryl methyl sites for hydroxylation is 2. The van der Waals surface area contributed by atoms with E-state index in [0.29, 0.717) is 10.9 Å². The number of carbonyl (C=O) groups is 1. The van der Waals surface area contributed by atoms with Gasteiger partial charge in [0.15, 0.2) is 16.6 Å². The van der Waals surface area contributed by atoms with Crippen molar-refractivity contribution < 1.29 is 9.32 Å². The van der Waals surface area contributed by atoms with Crippen LogP contribution in [0.2, 0.25) is 0 Å². The number of anilines is 1. The third-order valence-corrected chi connectivity index (χ3v) is 6.15. The van der Waals surface area contributed by atoms with Gasteiger partial charge in [0.1, 0.15) is 0 Å². The van der Waals surface area contributed by atoms with E-state index in [0.717, 1.165) is 32.6 Å². The molecule has 3 aromatic heterocycles. The molecule has 0 saturated heterocycles. The van der Waals surface area contributed by atoms with E-state index in [1.54, 1.807) is 17.2 Å². The third kappa shape index (κ3) is 3.90. The lowest BCUT2D eigenvalue weighted by Gasteiger charge is -2.18. The number of carbonyl (C=O) groups excluding carboxylic acids is 1. The Morgan fingerprint density at radius 3 is 2.62 bits per heavy atom. The molecule has 0 bridgehead atoms. The van der Waals surface area contributed by atoms with Crippen LogP contribution in [0.1, 0.15) is 27.3 Å². The maximum absolute atomic E-state index is 13.6. The summed E-state index contributed by atoms with van der Waals surface area (Å²) < 4.78 is 6.51. The average Bonchev–Trinajstić information content (AvgIpc) is 3.46. The molecule has 0 atom stereocenters. The smallest absolute Gasteiger partial charge is 0.282 e. The summed E-state index contributed by atoms with van der Waals surface area (Å²) in [5.41, 5.74) is 5.00. The molecule has 7 heteroatoms. The highest BCUT2D eigenvalue weighted by Crippen LogP contribution is 2.33. The highest BCUT2D eigenvalue weighted by atomic mass is 32.1. The van der Waals surface area contributed by atoms with Crippen molar-refractivity contribution in [3.63, 3.8) is 0 Å². The first-order valence-corrected chi connectivity index (χ1v) is 11.0. The zero-order chi connectivity index (χ0) is 22.1. The molecule has 1 amide bonds. The van der Waals surface area contributed by atoms with Gasteiger partial charge in [0.25, 0.3) is 5.91 Å². The number of fused-ring (bicyclic) bond motifs is 1. The van der Waals surface area contributed by atoms with E-state index in [4.69, 9.17) is 9.51 Å². The molecule has 0 radical (unpaired) electrons. The van der Waals surface area contributed by atoms with Crippen LogP contribution in [0.5, 0.6) is 0 Å². The van der Waals surface area contributed by atoms with Gasteiger partial charge in [0.05, 0.1) is 22.5 Å². The van der Waals surface area contributed by atoms with Gasteiger partial charge < -0.3 is 4.52 Å². The number of benzene rings is 2. The summed E-state index contributed by atoms with van der Waals surface area (Å²) in [6.07, 6.45) is 1.72. The molecule has 5 rings (SSSR count). The van der Waals surface area contributed by atoms with Crippen LogP contribution in [0, 0.1) is 13.8 Å². The molecule has 0 saturated carbocycles. The normalized spacial score (nSPS) is 11.1. The molecule has 0 N–H and O–H groups in total. The first-order valence-electron chi connectivity index (χ1n) is 10.2. The van der Waals surface area contributed by atoms with Gasteiger partial charge in [-0.15, -0.1) is 0 Å². The van der Waals surface area contributed by atoms with Gasteiger partial charge in [0.2, 0.25) is 0 Å². The fourth-order valence-corrected chi connectivity index (χ4v) is 4.75. The second kappa shape index (κ2) is 8.36. The molecule has 0 aliphatic rings. The van der Waals surface area contributed by atoms with Crippen LogP contribution in [0.15, 0.2) is 77.4 Å². The summed E-state index contributed by atoms with van der Waals surface area (Å²) in [6, 6.07) is 21.1. The maximum Gasteiger partial charge on any atom is 0.282 e. The summed E-state index contributed by atoms with van der Waals surface area (Å²) in [6.45, 7) is 4.38. The zero-order valence-electron chi connectivity index (χ0n) is 17.6. The Bertz CT molecular complexity index is 1390. The monoisotopic (exact) mass is 440 g/mol. The fraction of sp³-hybridized carbons (Fsp3) is 0.120. The summed E-state index contributed by atoms with van der Waals surface area (Å²) in [4.78, 5) is 24.4. The van der Waals surface area contributed by atoms with Gasteiger partial charge in [-0.1, -0.05) is 59.0 Å². The van der Waals surface area contributed by atoms with Crippen molar-refractivity contribution in [1.82, 2.24) is 15.1 Å². The molecule has 0 aliphatic heterocycles. The van der Waals surface area contributed by atoms with Crippen LogP contribution in [0.3, 0.4) is 0 Å². The van der Waals surface area contributed by atoms with Gasteiger partial charge in [0, 0.05) is 17.8 Å². The van der Waals surface area contributed by atoms with Crippen LogP contribution in [0.25, 0.3) is 21.5 Å². The maximum atomic E-state index is 13.6. The third-order valence-electron chi connectivity index (χ3n) is 5.13. The van der Waals surface area contributed by atoms with Crippen molar-refractivity contribution in [1.29, 1.82) is 0 Å². The number of aromatic nitrogens is 3. The predicted molar refractivity (Wildman–Crippen MR) is 126 cm³/mol. The van der Waals surface area contributed by atoms with Gasteiger partial charge in [-0.25, -0.2) is 4.98 Å². The van der Waals surface area contributed by atoms with E-state index >= 15 is 0 Å². The van der Waals surface area contributed by atoms with E-state index in [1.807, 2.05) is 55.5 Å². The van der Waals surface area contributed by atoms with Crippen molar-refractivity contribution in [2.75, 3.05) is 4.90 Å². The lowest BCUT2D eigenvalue weighted by atomic mass is 10.1. The Kier molecular flexibility index (Phi) is 5.25. The largest absolute Gasteiger partial charge is 0.355 e. The minimum atomic E-state index is -0.282. The average molecular weight is 441 g/mol. The van der Waals surface area contributed by atoms with E-state index < -0.39 is 0 Å². The molecule has 0 fully saturated rings. The second-order valence-electron chi connectivity index (χ2n) is 7.58. The number of amides is 1. The minimum Gasteiger partial charge on any atom is -0.355 e. The number of thiazole rings is 1. The molecular weight excluding hydrogens is 420 g/mol. The minimum absolute atomic E-state index is 0.229. The van der Waals surface area contributed by atoms with Crippen LogP contribution >= 0.6 is 11.3 Å². The van der Waals surface area contributed by atoms with Crippen LogP contribution in [0.4, 0.5) is 5.13 Å². The molecule has 0 unspecified atom stereocenters.